The lowest BCUT2D eigenvalue weighted by Crippen LogP contribution is -2.08. The predicted molar refractivity (Wildman–Crippen MR) is 86.1 cm³/mol. The molecule has 0 spiro atoms. The molecule has 0 N–H and O–H groups in total. The number of methoxy groups -OCH3 is 1. The van der Waals surface area contributed by atoms with Gasteiger partial charge in [0, 0.05) is 16.8 Å². The summed E-state index contributed by atoms with van der Waals surface area (Å²) in [6.45, 7) is 1.73. The Morgan fingerprint density at radius 2 is 1.73 bits per heavy atom. The second-order valence-corrected chi connectivity index (χ2v) is 7.35. The maximum atomic E-state index is 12.1. The Labute approximate surface area is 134 Å². The highest BCUT2D eigenvalue weighted by Crippen LogP contribution is 2.31. The molecule has 0 aliphatic rings. The van der Waals surface area contributed by atoms with E-state index in [-0.39, 0.29) is 10.5 Å². The fourth-order valence-corrected chi connectivity index (χ4v) is 3.21. The zero-order chi connectivity index (χ0) is 16.5. The molecule has 0 aliphatic heterocycles. The average molecular weight is 339 g/mol. The number of rotatable bonds is 3. The zero-order valence-corrected chi connectivity index (χ0v) is 14.0. The summed E-state index contributed by atoms with van der Waals surface area (Å²) < 4.78 is 28.9. The molecule has 0 saturated carbocycles. The van der Waals surface area contributed by atoms with Gasteiger partial charge in [0.15, 0.2) is 9.84 Å². The van der Waals surface area contributed by atoms with Gasteiger partial charge in [0.05, 0.1) is 17.6 Å². The molecule has 0 amide bonds. The fourth-order valence-electron chi connectivity index (χ4n) is 2.18. The predicted octanol–water partition coefficient (Wildman–Crippen LogP) is 3.51. The number of ether oxygens (including phenoxy) is 1. The van der Waals surface area contributed by atoms with Crippen LogP contribution >= 0.6 is 11.6 Å². The molecule has 6 heteroatoms. The Morgan fingerprint density at radius 3 is 2.23 bits per heavy atom. The van der Waals surface area contributed by atoms with Gasteiger partial charge in [-0.2, -0.15) is 0 Å². The van der Waals surface area contributed by atoms with Gasteiger partial charge in [0.1, 0.15) is 0 Å². The normalized spacial score (nSPS) is 11.3. The number of hydrogen-bond donors (Lipinski definition) is 0. The van der Waals surface area contributed by atoms with E-state index in [1.807, 2.05) is 0 Å². The molecule has 2 rings (SSSR count). The SMILES string of the molecule is COC(=O)c1cc(S(C)(=O)=O)c(-c2ccc(Cl)cc2)cc1C. The highest BCUT2D eigenvalue weighted by Gasteiger charge is 2.20. The standard InChI is InChI=1S/C16H15ClO4S/c1-10-8-14(11-4-6-12(17)7-5-11)15(22(3,19)20)9-13(10)16(18)21-2/h4-9H,1-3H3. The lowest BCUT2D eigenvalue weighted by Gasteiger charge is -2.13. The molecule has 2 aromatic carbocycles. The number of esters is 1. The van der Waals surface area contributed by atoms with Crippen molar-refractivity contribution in [2.24, 2.45) is 0 Å². The number of hydrogen-bond acceptors (Lipinski definition) is 4. The van der Waals surface area contributed by atoms with E-state index in [1.54, 1.807) is 37.3 Å². The molecule has 0 saturated heterocycles. The third kappa shape index (κ3) is 3.31. The van der Waals surface area contributed by atoms with E-state index in [9.17, 15) is 13.2 Å². The average Bonchev–Trinajstić information content (AvgIpc) is 2.45. The van der Waals surface area contributed by atoms with Gasteiger partial charge >= 0.3 is 5.97 Å². The molecule has 0 heterocycles. The van der Waals surface area contributed by atoms with Gasteiger partial charge < -0.3 is 4.74 Å². The van der Waals surface area contributed by atoms with Crippen LogP contribution in [-0.4, -0.2) is 27.8 Å². The topological polar surface area (TPSA) is 60.4 Å². The van der Waals surface area contributed by atoms with Crippen LogP contribution in [0.4, 0.5) is 0 Å². The highest BCUT2D eigenvalue weighted by molar-refractivity contribution is 7.90. The van der Waals surface area contributed by atoms with Crippen molar-refractivity contribution in [3.05, 3.63) is 52.5 Å². The smallest absolute Gasteiger partial charge is 0.338 e. The van der Waals surface area contributed by atoms with Gasteiger partial charge in [-0.3, -0.25) is 0 Å². The third-order valence-electron chi connectivity index (χ3n) is 3.29. The Morgan fingerprint density at radius 1 is 1.14 bits per heavy atom. The molecule has 0 aliphatic carbocycles. The van der Waals surface area contributed by atoms with Gasteiger partial charge in [-0.1, -0.05) is 23.7 Å². The lowest BCUT2D eigenvalue weighted by molar-refractivity contribution is 0.0599. The van der Waals surface area contributed by atoms with Crippen molar-refractivity contribution in [1.82, 2.24) is 0 Å². The molecule has 2 aromatic rings. The minimum absolute atomic E-state index is 0.0841. The van der Waals surface area contributed by atoms with Crippen molar-refractivity contribution >= 4 is 27.4 Å². The summed E-state index contributed by atoms with van der Waals surface area (Å²) in [6, 6.07) is 9.89. The van der Waals surface area contributed by atoms with E-state index in [2.05, 4.69) is 0 Å². The zero-order valence-electron chi connectivity index (χ0n) is 12.4. The number of benzene rings is 2. The summed E-state index contributed by atoms with van der Waals surface area (Å²) >= 11 is 5.87. The molecule has 22 heavy (non-hydrogen) atoms. The number of carbonyl (C=O) groups is 1. The lowest BCUT2D eigenvalue weighted by atomic mass is 10.00. The molecule has 4 nitrogen and oxygen atoms in total. The van der Waals surface area contributed by atoms with Gasteiger partial charge in [-0.25, -0.2) is 13.2 Å². The first-order chi connectivity index (χ1) is 10.2. The maximum absolute atomic E-state index is 12.1. The molecule has 0 bridgehead atoms. The maximum Gasteiger partial charge on any atom is 0.338 e. The van der Waals surface area contributed by atoms with E-state index in [1.165, 1.54) is 13.2 Å². The fraction of sp³-hybridized carbons (Fsp3) is 0.188. The number of carbonyl (C=O) groups excluding carboxylic acids is 1. The van der Waals surface area contributed by atoms with Crippen molar-refractivity contribution in [2.45, 2.75) is 11.8 Å². The van der Waals surface area contributed by atoms with Crippen LogP contribution in [0.1, 0.15) is 15.9 Å². The van der Waals surface area contributed by atoms with Crippen LogP contribution in [0.2, 0.25) is 5.02 Å². The number of halogens is 1. The van der Waals surface area contributed by atoms with Crippen LogP contribution < -0.4 is 0 Å². The largest absolute Gasteiger partial charge is 0.465 e. The minimum atomic E-state index is -3.51. The summed E-state index contributed by atoms with van der Waals surface area (Å²) in [4.78, 5) is 11.9. The van der Waals surface area contributed by atoms with Crippen molar-refractivity contribution in [1.29, 1.82) is 0 Å². The summed E-state index contributed by atoms with van der Waals surface area (Å²) in [5, 5.41) is 0.563. The van der Waals surface area contributed by atoms with Gasteiger partial charge in [-0.05, 0) is 42.3 Å². The second kappa shape index (κ2) is 6.10. The van der Waals surface area contributed by atoms with Crippen molar-refractivity contribution < 1.29 is 17.9 Å². The third-order valence-corrected chi connectivity index (χ3v) is 4.68. The van der Waals surface area contributed by atoms with E-state index in [0.717, 1.165) is 6.26 Å². The Balaban J connectivity index is 2.76. The van der Waals surface area contributed by atoms with Crippen LogP contribution in [0.25, 0.3) is 11.1 Å². The van der Waals surface area contributed by atoms with E-state index >= 15 is 0 Å². The minimum Gasteiger partial charge on any atom is -0.465 e. The number of sulfone groups is 1. The van der Waals surface area contributed by atoms with Gasteiger partial charge in [0.2, 0.25) is 0 Å². The van der Waals surface area contributed by atoms with Crippen LogP contribution in [0.3, 0.4) is 0 Å². The van der Waals surface area contributed by atoms with Crippen LogP contribution in [0.15, 0.2) is 41.3 Å². The molecule has 0 fully saturated rings. The van der Waals surface area contributed by atoms with E-state index < -0.39 is 15.8 Å². The van der Waals surface area contributed by atoms with Gasteiger partial charge in [-0.15, -0.1) is 0 Å². The molecule has 0 unspecified atom stereocenters. The van der Waals surface area contributed by atoms with E-state index in [4.69, 9.17) is 16.3 Å². The number of aryl methyl sites for hydroxylation is 1. The molecule has 0 aromatic heterocycles. The van der Waals surface area contributed by atoms with Crippen LogP contribution in [0, 0.1) is 6.92 Å². The molecule has 0 radical (unpaired) electrons. The van der Waals surface area contributed by atoms with Crippen LogP contribution in [-0.2, 0) is 14.6 Å². The highest BCUT2D eigenvalue weighted by atomic mass is 35.5. The summed E-state index contributed by atoms with van der Waals surface area (Å²) in [6.07, 6.45) is 1.11. The molecular weight excluding hydrogens is 324 g/mol. The van der Waals surface area contributed by atoms with E-state index in [0.29, 0.717) is 21.7 Å². The molecule has 116 valence electrons. The van der Waals surface area contributed by atoms with Crippen molar-refractivity contribution in [2.75, 3.05) is 13.4 Å². The Kier molecular flexibility index (Phi) is 4.58. The summed E-state index contributed by atoms with van der Waals surface area (Å²) in [7, 11) is -2.25. The van der Waals surface area contributed by atoms with Crippen LogP contribution in [0.5, 0.6) is 0 Å². The van der Waals surface area contributed by atoms with Crippen molar-refractivity contribution in [3.8, 4) is 11.1 Å². The molecule has 0 atom stereocenters. The molecular formula is C16H15ClO4S. The monoisotopic (exact) mass is 338 g/mol. The van der Waals surface area contributed by atoms with Crippen molar-refractivity contribution in [3.63, 3.8) is 0 Å². The summed E-state index contributed by atoms with van der Waals surface area (Å²) in [5.74, 6) is -0.565. The summed E-state index contributed by atoms with van der Waals surface area (Å²) in [5.41, 5.74) is 2.12. The van der Waals surface area contributed by atoms with Gasteiger partial charge in [0.25, 0.3) is 0 Å². The first-order valence-corrected chi connectivity index (χ1v) is 8.70. The quantitative estimate of drug-likeness (QED) is 0.803. The Bertz CT molecular complexity index is 824. The first-order valence-electron chi connectivity index (χ1n) is 6.43. The Hall–Kier alpha value is -1.85. The second-order valence-electron chi connectivity index (χ2n) is 4.93. The first kappa shape index (κ1) is 16.5.